The number of hydrogen-bond acceptors (Lipinski definition) is 5. The molecule has 1 heterocycles. The fourth-order valence-electron chi connectivity index (χ4n) is 4.18. The van der Waals surface area contributed by atoms with Gasteiger partial charge in [-0.3, -0.25) is 9.59 Å². The first-order valence-corrected chi connectivity index (χ1v) is 12.2. The summed E-state index contributed by atoms with van der Waals surface area (Å²) in [6.07, 6.45) is 1.65. The van der Waals surface area contributed by atoms with Crippen LogP contribution in [0.25, 0.3) is 5.76 Å². The molecule has 7 heteroatoms. The average molecular weight is 527 g/mol. The van der Waals surface area contributed by atoms with Crippen molar-refractivity contribution >= 4 is 33.4 Å². The predicted octanol–water partition coefficient (Wildman–Crippen LogP) is 5.09. The molecule has 180 valence electrons. The van der Waals surface area contributed by atoms with Gasteiger partial charge in [0, 0.05) is 23.1 Å². The highest BCUT2D eigenvalue weighted by Gasteiger charge is 2.46. The van der Waals surface area contributed by atoms with Crippen LogP contribution in [0.1, 0.15) is 36.6 Å². The first-order chi connectivity index (χ1) is 16.3. The zero-order valence-electron chi connectivity index (χ0n) is 19.9. The zero-order chi connectivity index (χ0) is 24.8. The van der Waals surface area contributed by atoms with Gasteiger partial charge < -0.3 is 19.6 Å². The van der Waals surface area contributed by atoms with Crippen LogP contribution in [0.4, 0.5) is 0 Å². The van der Waals surface area contributed by atoms with Gasteiger partial charge in [-0.1, -0.05) is 54.6 Å². The van der Waals surface area contributed by atoms with Crippen LogP contribution >= 0.6 is 15.9 Å². The molecule has 1 aliphatic heterocycles. The Morgan fingerprint density at radius 1 is 1.18 bits per heavy atom. The van der Waals surface area contributed by atoms with E-state index < -0.39 is 17.7 Å². The quantitative estimate of drug-likeness (QED) is 0.202. The Hall–Kier alpha value is -2.90. The van der Waals surface area contributed by atoms with Crippen molar-refractivity contribution in [2.45, 2.75) is 26.8 Å². The van der Waals surface area contributed by atoms with E-state index in [4.69, 9.17) is 4.74 Å². The van der Waals surface area contributed by atoms with Crippen LogP contribution in [-0.2, 0) is 9.59 Å². The van der Waals surface area contributed by atoms with E-state index in [9.17, 15) is 14.7 Å². The van der Waals surface area contributed by atoms with Crippen molar-refractivity contribution in [3.63, 3.8) is 0 Å². The molecular formula is C27H31BrN2O4. The number of ether oxygens (including phenoxy) is 1. The summed E-state index contributed by atoms with van der Waals surface area (Å²) >= 11 is 3.44. The van der Waals surface area contributed by atoms with Crippen LogP contribution in [0.2, 0.25) is 0 Å². The third kappa shape index (κ3) is 5.42. The first-order valence-electron chi connectivity index (χ1n) is 11.4. The minimum Gasteiger partial charge on any atom is -0.507 e. The molecule has 0 spiro atoms. The molecule has 3 rings (SSSR count). The van der Waals surface area contributed by atoms with E-state index in [0.717, 1.165) is 28.7 Å². The minimum atomic E-state index is -0.670. The molecule has 0 radical (unpaired) electrons. The summed E-state index contributed by atoms with van der Waals surface area (Å²) in [5, 5.41) is 11.3. The Morgan fingerprint density at radius 3 is 2.44 bits per heavy atom. The number of benzene rings is 2. The van der Waals surface area contributed by atoms with Crippen LogP contribution in [-0.4, -0.2) is 59.4 Å². The summed E-state index contributed by atoms with van der Waals surface area (Å²) in [6.45, 7) is 12.7. The van der Waals surface area contributed by atoms with Gasteiger partial charge in [-0.2, -0.15) is 0 Å². The first kappa shape index (κ1) is 25.7. The molecule has 2 aromatic carbocycles. The van der Waals surface area contributed by atoms with Crippen LogP contribution in [0.15, 0.2) is 65.2 Å². The third-order valence-electron chi connectivity index (χ3n) is 6.10. The number of amides is 1. The second-order valence-electron chi connectivity index (χ2n) is 8.15. The van der Waals surface area contributed by atoms with Crippen molar-refractivity contribution in [1.82, 2.24) is 9.80 Å². The smallest absolute Gasteiger partial charge is 0.295 e. The molecule has 0 aliphatic carbocycles. The number of carbonyl (C=O) groups excluding carboxylic acids is 2. The van der Waals surface area contributed by atoms with Gasteiger partial charge in [0.1, 0.15) is 18.1 Å². The molecule has 1 N–H and O–H groups in total. The molecule has 2 aromatic rings. The summed E-state index contributed by atoms with van der Waals surface area (Å²) in [6, 6.07) is 12.1. The fourth-order valence-corrected chi connectivity index (χ4v) is 4.45. The highest BCUT2D eigenvalue weighted by atomic mass is 79.9. The normalized spacial score (nSPS) is 17.4. The summed E-state index contributed by atoms with van der Waals surface area (Å²) in [5.41, 5.74) is 2.11. The van der Waals surface area contributed by atoms with Gasteiger partial charge in [0.05, 0.1) is 11.6 Å². The molecule has 0 saturated carbocycles. The molecule has 1 saturated heterocycles. The number of nitrogens with zero attached hydrogens (tertiary/aromatic N) is 2. The summed E-state index contributed by atoms with van der Waals surface area (Å²) in [5.74, 6) is -0.802. The highest BCUT2D eigenvalue weighted by molar-refractivity contribution is 9.10. The third-order valence-corrected chi connectivity index (χ3v) is 6.63. The number of rotatable bonds is 10. The monoisotopic (exact) mass is 526 g/mol. The molecule has 0 bridgehead atoms. The Labute approximate surface area is 209 Å². The number of likely N-dealkylation sites (tertiary alicyclic amines) is 1. The minimum absolute atomic E-state index is 0.106. The van der Waals surface area contributed by atoms with Gasteiger partial charge in [0.2, 0.25) is 0 Å². The van der Waals surface area contributed by atoms with Crippen molar-refractivity contribution in [2.24, 2.45) is 0 Å². The highest BCUT2D eigenvalue weighted by Crippen LogP contribution is 2.40. The Morgan fingerprint density at radius 2 is 1.85 bits per heavy atom. The van der Waals surface area contributed by atoms with Gasteiger partial charge in [-0.15, -0.1) is 0 Å². The van der Waals surface area contributed by atoms with Crippen molar-refractivity contribution in [1.29, 1.82) is 0 Å². The Kier molecular flexibility index (Phi) is 8.69. The lowest BCUT2D eigenvalue weighted by atomic mass is 9.94. The van der Waals surface area contributed by atoms with Gasteiger partial charge >= 0.3 is 0 Å². The summed E-state index contributed by atoms with van der Waals surface area (Å²) in [7, 11) is 0. The standard InChI is InChI=1S/C27H31BrN2O4/c1-5-16-34-21-12-13-22(18(4)17-21)25(31)23-24(19-8-10-20(28)11-9-19)30(27(33)26(23)32)15-14-29(6-2)7-3/h5,8-13,17,24,31H,1,6-7,14-16H2,2-4H3/b25-23+. The van der Waals surface area contributed by atoms with Crippen LogP contribution in [0, 0.1) is 6.92 Å². The maximum absolute atomic E-state index is 13.2. The number of hydrogen-bond donors (Lipinski definition) is 1. The maximum atomic E-state index is 13.2. The van der Waals surface area contributed by atoms with Crippen molar-refractivity contribution in [3.05, 3.63) is 81.9 Å². The van der Waals surface area contributed by atoms with E-state index in [-0.39, 0.29) is 11.3 Å². The molecule has 1 aliphatic rings. The van der Waals surface area contributed by atoms with E-state index in [2.05, 4.69) is 41.3 Å². The summed E-state index contributed by atoms with van der Waals surface area (Å²) in [4.78, 5) is 30.1. The molecule has 6 nitrogen and oxygen atoms in total. The number of aryl methyl sites for hydroxylation is 1. The molecule has 1 fully saturated rings. The number of likely N-dealkylation sites (N-methyl/N-ethyl adjacent to an activating group) is 1. The molecule has 1 unspecified atom stereocenters. The van der Waals surface area contributed by atoms with E-state index >= 15 is 0 Å². The SMILES string of the molecule is C=CCOc1ccc(/C(O)=C2\C(=O)C(=O)N(CCN(CC)CC)C2c2ccc(Br)cc2)c(C)c1. The van der Waals surface area contributed by atoms with Gasteiger partial charge in [0.25, 0.3) is 11.7 Å². The molecular weight excluding hydrogens is 496 g/mol. The molecule has 1 atom stereocenters. The number of carbonyl (C=O) groups is 2. The fraction of sp³-hybridized carbons (Fsp3) is 0.333. The number of ketones is 1. The Balaban J connectivity index is 2.08. The number of halogens is 1. The van der Waals surface area contributed by atoms with E-state index in [1.165, 1.54) is 0 Å². The van der Waals surface area contributed by atoms with Crippen LogP contribution in [0.3, 0.4) is 0 Å². The molecule has 0 aromatic heterocycles. The average Bonchev–Trinajstić information content (AvgIpc) is 3.08. The number of aliphatic hydroxyl groups excluding tert-OH is 1. The molecule has 1 amide bonds. The van der Waals surface area contributed by atoms with Gasteiger partial charge in [-0.05, 0) is 61.5 Å². The van der Waals surface area contributed by atoms with Crippen LogP contribution < -0.4 is 4.74 Å². The van der Waals surface area contributed by atoms with Gasteiger partial charge in [-0.25, -0.2) is 0 Å². The second-order valence-corrected chi connectivity index (χ2v) is 9.06. The lowest BCUT2D eigenvalue weighted by Crippen LogP contribution is -2.38. The Bertz CT molecular complexity index is 1090. The number of aliphatic hydroxyl groups is 1. The predicted molar refractivity (Wildman–Crippen MR) is 138 cm³/mol. The lowest BCUT2D eigenvalue weighted by molar-refractivity contribution is -0.140. The maximum Gasteiger partial charge on any atom is 0.295 e. The molecule has 34 heavy (non-hydrogen) atoms. The van der Waals surface area contributed by atoms with Crippen molar-refractivity contribution in [3.8, 4) is 5.75 Å². The van der Waals surface area contributed by atoms with Crippen LogP contribution in [0.5, 0.6) is 5.75 Å². The largest absolute Gasteiger partial charge is 0.507 e. The van der Waals surface area contributed by atoms with Gasteiger partial charge in [0.15, 0.2) is 0 Å². The van der Waals surface area contributed by atoms with Crippen molar-refractivity contribution in [2.75, 3.05) is 32.8 Å². The summed E-state index contributed by atoms with van der Waals surface area (Å²) < 4.78 is 6.47. The lowest BCUT2D eigenvalue weighted by Gasteiger charge is -2.28. The van der Waals surface area contributed by atoms with E-state index in [0.29, 0.717) is 31.0 Å². The van der Waals surface area contributed by atoms with E-state index in [1.54, 1.807) is 29.2 Å². The van der Waals surface area contributed by atoms with Crippen molar-refractivity contribution < 1.29 is 19.4 Å². The van der Waals surface area contributed by atoms with E-state index in [1.807, 2.05) is 31.2 Å². The number of Topliss-reactive ketones (excluding diaryl/α,β-unsaturated/α-hetero) is 1. The topological polar surface area (TPSA) is 70.1 Å². The second kappa shape index (κ2) is 11.5. The zero-order valence-corrected chi connectivity index (χ0v) is 21.5.